The lowest BCUT2D eigenvalue weighted by Gasteiger charge is -2.14. The highest BCUT2D eigenvalue weighted by molar-refractivity contribution is 9.09. The van der Waals surface area contributed by atoms with Gasteiger partial charge in [0.25, 0.3) is 0 Å². The lowest BCUT2D eigenvalue weighted by molar-refractivity contribution is -0.128. The van der Waals surface area contributed by atoms with Gasteiger partial charge in [-0.1, -0.05) is 15.9 Å². The molecule has 1 amide bonds. The minimum Gasteiger partial charge on any atom is -0.472 e. The molecule has 3 nitrogen and oxygen atoms in total. The number of rotatable bonds is 3. The molecule has 1 atom stereocenters. The third kappa shape index (κ3) is 2.00. The number of hydrogen-bond donors (Lipinski definition) is 0. The lowest BCUT2D eigenvalue weighted by Crippen LogP contribution is -2.24. The maximum Gasteiger partial charge on any atom is 0.223 e. The molecule has 76 valence electrons. The van der Waals surface area contributed by atoms with E-state index in [-0.39, 0.29) is 5.91 Å². The molecule has 1 aromatic rings. The fourth-order valence-corrected chi connectivity index (χ4v) is 2.15. The second-order valence-electron chi connectivity index (χ2n) is 3.63. The molecule has 1 aliphatic heterocycles. The van der Waals surface area contributed by atoms with Gasteiger partial charge in [-0.2, -0.15) is 0 Å². The van der Waals surface area contributed by atoms with Gasteiger partial charge in [-0.05, 0) is 12.0 Å². The third-order valence-electron chi connectivity index (χ3n) is 2.47. The Hall–Kier alpha value is -0.770. The molecule has 14 heavy (non-hydrogen) atoms. The van der Waals surface area contributed by atoms with E-state index in [4.69, 9.17) is 4.42 Å². The molecule has 0 saturated carbocycles. The van der Waals surface area contributed by atoms with E-state index in [9.17, 15) is 4.79 Å². The third-order valence-corrected chi connectivity index (χ3v) is 3.38. The predicted octanol–water partition coefficient (Wildman–Crippen LogP) is 2.02. The van der Waals surface area contributed by atoms with Crippen LogP contribution in [0.3, 0.4) is 0 Å². The first-order chi connectivity index (χ1) is 6.79. The van der Waals surface area contributed by atoms with Gasteiger partial charge in [-0.3, -0.25) is 4.79 Å². The summed E-state index contributed by atoms with van der Waals surface area (Å²) >= 11 is 3.41. The summed E-state index contributed by atoms with van der Waals surface area (Å²) in [6.45, 7) is 1.54. The van der Waals surface area contributed by atoms with Crippen LogP contribution in [0, 0.1) is 5.92 Å². The van der Waals surface area contributed by atoms with Gasteiger partial charge < -0.3 is 9.32 Å². The zero-order chi connectivity index (χ0) is 9.97. The van der Waals surface area contributed by atoms with Crippen LogP contribution in [0.15, 0.2) is 23.0 Å². The first-order valence-electron chi connectivity index (χ1n) is 4.64. The zero-order valence-corrected chi connectivity index (χ0v) is 9.37. The highest BCUT2D eigenvalue weighted by Gasteiger charge is 2.28. The summed E-state index contributed by atoms with van der Waals surface area (Å²) < 4.78 is 4.97. The van der Waals surface area contributed by atoms with Crippen LogP contribution in [-0.2, 0) is 11.3 Å². The number of furan rings is 1. The van der Waals surface area contributed by atoms with E-state index in [1.807, 2.05) is 11.0 Å². The summed E-state index contributed by atoms with van der Waals surface area (Å²) in [6.07, 6.45) is 4.00. The lowest BCUT2D eigenvalue weighted by atomic mass is 10.2. The fraction of sp³-hybridized carbons (Fsp3) is 0.500. The molecular weight excluding hydrogens is 246 g/mol. The van der Waals surface area contributed by atoms with Crippen molar-refractivity contribution >= 4 is 21.8 Å². The minimum absolute atomic E-state index is 0.246. The summed E-state index contributed by atoms with van der Waals surface area (Å²) in [6, 6.07) is 1.90. The molecule has 2 heterocycles. The summed E-state index contributed by atoms with van der Waals surface area (Å²) in [5.74, 6) is 0.713. The van der Waals surface area contributed by atoms with E-state index in [0.29, 0.717) is 18.9 Å². The first kappa shape index (κ1) is 9.77. The second-order valence-corrected chi connectivity index (χ2v) is 4.28. The predicted molar refractivity (Wildman–Crippen MR) is 56.0 cm³/mol. The summed E-state index contributed by atoms with van der Waals surface area (Å²) in [5, 5.41) is 0.903. The number of amides is 1. The van der Waals surface area contributed by atoms with E-state index in [0.717, 1.165) is 17.4 Å². The van der Waals surface area contributed by atoms with Gasteiger partial charge in [0.2, 0.25) is 5.91 Å². The van der Waals surface area contributed by atoms with Crippen LogP contribution in [0.1, 0.15) is 12.0 Å². The average molecular weight is 258 g/mol. The van der Waals surface area contributed by atoms with E-state index >= 15 is 0 Å². The average Bonchev–Trinajstić information content (AvgIpc) is 2.78. The molecule has 4 heteroatoms. The number of alkyl halides is 1. The van der Waals surface area contributed by atoms with Crippen LogP contribution in [0.4, 0.5) is 0 Å². The Morgan fingerprint density at radius 1 is 1.64 bits per heavy atom. The number of nitrogens with zero attached hydrogens (tertiary/aromatic N) is 1. The van der Waals surface area contributed by atoms with E-state index in [2.05, 4.69) is 15.9 Å². The molecule has 0 aromatic carbocycles. The zero-order valence-electron chi connectivity index (χ0n) is 7.78. The van der Waals surface area contributed by atoms with Crippen molar-refractivity contribution in [3.63, 3.8) is 0 Å². The largest absolute Gasteiger partial charge is 0.472 e. The topological polar surface area (TPSA) is 33.5 Å². The molecular formula is C10H12BrNO2. The van der Waals surface area contributed by atoms with Crippen molar-refractivity contribution in [2.45, 2.75) is 13.0 Å². The van der Waals surface area contributed by atoms with Crippen LogP contribution in [0.25, 0.3) is 0 Å². The Morgan fingerprint density at radius 2 is 2.50 bits per heavy atom. The summed E-state index contributed by atoms with van der Waals surface area (Å²) in [5.41, 5.74) is 1.06. The Kier molecular flexibility index (Phi) is 2.91. The van der Waals surface area contributed by atoms with Crippen LogP contribution in [-0.4, -0.2) is 22.7 Å². The quantitative estimate of drug-likeness (QED) is 0.777. The first-order valence-corrected chi connectivity index (χ1v) is 5.76. The van der Waals surface area contributed by atoms with Crippen LogP contribution < -0.4 is 0 Å². The van der Waals surface area contributed by atoms with Gasteiger partial charge in [0, 0.05) is 30.4 Å². The molecule has 0 aliphatic carbocycles. The minimum atomic E-state index is 0.246. The summed E-state index contributed by atoms with van der Waals surface area (Å²) in [4.78, 5) is 13.4. The normalized spacial score (nSPS) is 21.9. The standard InChI is InChI=1S/C10H12BrNO2/c11-4-9-3-10(13)12(6-9)5-8-1-2-14-7-8/h1-2,7,9H,3-6H2. The number of hydrogen-bond acceptors (Lipinski definition) is 2. The fourth-order valence-electron chi connectivity index (χ4n) is 1.71. The van der Waals surface area contributed by atoms with Gasteiger partial charge >= 0.3 is 0 Å². The van der Waals surface area contributed by atoms with Crippen molar-refractivity contribution in [3.8, 4) is 0 Å². The van der Waals surface area contributed by atoms with Crippen molar-refractivity contribution < 1.29 is 9.21 Å². The number of halogens is 1. The van der Waals surface area contributed by atoms with Crippen molar-refractivity contribution in [2.24, 2.45) is 5.92 Å². The molecule has 0 N–H and O–H groups in total. The maximum absolute atomic E-state index is 11.5. The molecule has 1 saturated heterocycles. The van der Waals surface area contributed by atoms with E-state index in [1.54, 1.807) is 12.5 Å². The monoisotopic (exact) mass is 257 g/mol. The Morgan fingerprint density at radius 3 is 3.07 bits per heavy atom. The van der Waals surface area contributed by atoms with Crippen molar-refractivity contribution in [1.82, 2.24) is 4.90 Å². The number of carbonyl (C=O) groups excluding carboxylic acids is 1. The van der Waals surface area contributed by atoms with Gasteiger partial charge in [0.1, 0.15) is 0 Å². The number of likely N-dealkylation sites (tertiary alicyclic amines) is 1. The Balaban J connectivity index is 1.96. The van der Waals surface area contributed by atoms with Gasteiger partial charge in [-0.15, -0.1) is 0 Å². The molecule has 1 fully saturated rings. The molecule has 1 unspecified atom stereocenters. The van der Waals surface area contributed by atoms with Gasteiger partial charge in [0.05, 0.1) is 12.5 Å². The van der Waals surface area contributed by atoms with Crippen LogP contribution in [0.2, 0.25) is 0 Å². The molecule has 0 radical (unpaired) electrons. The highest BCUT2D eigenvalue weighted by Crippen LogP contribution is 2.21. The van der Waals surface area contributed by atoms with Crippen molar-refractivity contribution in [3.05, 3.63) is 24.2 Å². The maximum atomic E-state index is 11.5. The van der Waals surface area contributed by atoms with Gasteiger partial charge in [-0.25, -0.2) is 0 Å². The molecule has 1 aliphatic rings. The molecule has 2 rings (SSSR count). The second kappa shape index (κ2) is 4.17. The highest BCUT2D eigenvalue weighted by atomic mass is 79.9. The van der Waals surface area contributed by atoms with E-state index in [1.165, 1.54) is 0 Å². The van der Waals surface area contributed by atoms with Crippen molar-refractivity contribution in [1.29, 1.82) is 0 Å². The van der Waals surface area contributed by atoms with Gasteiger partial charge in [0.15, 0.2) is 0 Å². The van der Waals surface area contributed by atoms with Crippen LogP contribution in [0.5, 0.6) is 0 Å². The Labute approximate surface area is 91.2 Å². The van der Waals surface area contributed by atoms with Crippen LogP contribution >= 0.6 is 15.9 Å². The molecule has 0 spiro atoms. The van der Waals surface area contributed by atoms with Crippen molar-refractivity contribution in [2.75, 3.05) is 11.9 Å². The number of carbonyl (C=O) groups is 1. The molecule has 1 aromatic heterocycles. The Bertz CT molecular complexity index is 310. The molecule has 0 bridgehead atoms. The van der Waals surface area contributed by atoms with E-state index < -0.39 is 0 Å². The summed E-state index contributed by atoms with van der Waals surface area (Å²) in [7, 11) is 0. The smallest absolute Gasteiger partial charge is 0.223 e. The SMILES string of the molecule is O=C1CC(CBr)CN1Cc1ccoc1.